The summed E-state index contributed by atoms with van der Waals surface area (Å²) in [6, 6.07) is 0. The van der Waals surface area contributed by atoms with Gasteiger partial charge in [-0.15, -0.1) is 0 Å². The van der Waals surface area contributed by atoms with E-state index in [1.54, 1.807) is 13.8 Å². The highest BCUT2D eigenvalue weighted by molar-refractivity contribution is 4.49. The summed E-state index contributed by atoms with van der Waals surface area (Å²) in [5, 5.41) is 17.6. The van der Waals surface area contributed by atoms with E-state index in [0.717, 1.165) is 13.1 Å². The van der Waals surface area contributed by atoms with Crippen molar-refractivity contribution >= 4 is 0 Å². The van der Waals surface area contributed by atoms with Crippen LogP contribution in [0.4, 0.5) is 0 Å². The van der Waals surface area contributed by atoms with Gasteiger partial charge in [-0.1, -0.05) is 0 Å². The van der Waals surface area contributed by atoms with Crippen LogP contribution in [0.2, 0.25) is 0 Å². The molecule has 0 aromatic carbocycles. The minimum Gasteiger partial charge on any atom is -0.368 e. The highest BCUT2D eigenvalue weighted by Gasteiger charge is 2.01. The number of hydrogen-bond donors (Lipinski definition) is 2. The average Bonchev–Trinajstić information content (AvgIpc) is 2.02. The highest BCUT2D eigenvalue weighted by Crippen LogP contribution is 1.89. The molecule has 0 aromatic heterocycles. The predicted molar refractivity (Wildman–Crippen MR) is 52.8 cm³/mol. The first-order valence-corrected chi connectivity index (χ1v) is 4.80. The van der Waals surface area contributed by atoms with Gasteiger partial charge in [0.05, 0.1) is 13.2 Å². The van der Waals surface area contributed by atoms with Gasteiger partial charge in [-0.05, 0) is 20.9 Å². The molecular weight excluding hydrogens is 186 g/mol. The smallest absolute Gasteiger partial charge is 0.151 e. The van der Waals surface area contributed by atoms with Gasteiger partial charge in [0.15, 0.2) is 12.6 Å². The van der Waals surface area contributed by atoms with Crippen LogP contribution >= 0.6 is 0 Å². The molecule has 0 saturated heterocycles. The fraction of sp³-hybridized carbons (Fsp3) is 1.00. The Morgan fingerprint density at radius 1 is 1.00 bits per heavy atom. The lowest BCUT2D eigenvalue weighted by atomic mass is 10.5. The van der Waals surface area contributed by atoms with Gasteiger partial charge in [0.25, 0.3) is 0 Å². The number of aliphatic hydroxyl groups excluding tert-OH is 2. The quantitative estimate of drug-likeness (QED) is 0.532. The van der Waals surface area contributed by atoms with Gasteiger partial charge in [-0.3, -0.25) is 0 Å². The Kier molecular flexibility index (Phi) is 8.02. The van der Waals surface area contributed by atoms with Crippen LogP contribution in [0, 0.1) is 0 Å². The second-order valence-corrected chi connectivity index (χ2v) is 3.24. The first-order chi connectivity index (χ1) is 6.52. The first-order valence-electron chi connectivity index (χ1n) is 4.80. The normalized spacial score (nSPS) is 15.9. The number of ether oxygens (including phenoxy) is 2. The Bertz CT molecular complexity index is 116. The van der Waals surface area contributed by atoms with Crippen LogP contribution < -0.4 is 0 Å². The molecule has 2 N–H and O–H groups in total. The molecule has 0 spiro atoms. The van der Waals surface area contributed by atoms with Crippen molar-refractivity contribution in [2.24, 2.45) is 0 Å². The zero-order valence-electron chi connectivity index (χ0n) is 9.14. The number of rotatable bonds is 8. The van der Waals surface area contributed by atoms with E-state index < -0.39 is 12.6 Å². The molecule has 5 heteroatoms. The molecule has 2 unspecified atom stereocenters. The molecule has 0 amide bonds. The molecule has 86 valence electrons. The fourth-order valence-corrected chi connectivity index (χ4v) is 0.870. The van der Waals surface area contributed by atoms with Gasteiger partial charge < -0.3 is 24.6 Å². The van der Waals surface area contributed by atoms with Gasteiger partial charge >= 0.3 is 0 Å². The summed E-state index contributed by atoms with van der Waals surface area (Å²) in [6.07, 6.45) is -1.42. The Hall–Kier alpha value is -0.200. The van der Waals surface area contributed by atoms with Crippen LogP contribution in [0.5, 0.6) is 0 Å². The van der Waals surface area contributed by atoms with E-state index in [-0.39, 0.29) is 0 Å². The molecule has 0 rings (SSSR count). The maximum absolute atomic E-state index is 8.82. The summed E-state index contributed by atoms with van der Waals surface area (Å²) in [5.74, 6) is 0. The molecule has 0 radical (unpaired) electrons. The Morgan fingerprint density at radius 2 is 1.36 bits per heavy atom. The van der Waals surface area contributed by atoms with Gasteiger partial charge in [-0.2, -0.15) is 0 Å². The van der Waals surface area contributed by atoms with Crippen molar-refractivity contribution in [2.45, 2.75) is 26.4 Å². The molecule has 0 aromatic rings. The van der Waals surface area contributed by atoms with E-state index in [9.17, 15) is 0 Å². The van der Waals surface area contributed by atoms with Crippen molar-refractivity contribution in [1.29, 1.82) is 0 Å². The van der Waals surface area contributed by atoms with Crippen molar-refractivity contribution < 1.29 is 19.7 Å². The van der Waals surface area contributed by atoms with Crippen LogP contribution in [0.15, 0.2) is 0 Å². The number of nitrogens with zero attached hydrogens (tertiary/aromatic N) is 1. The van der Waals surface area contributed by atoms with Gasteiger partial charge in [0, 0.05) is 13.1 Å². The molecule has 0 aliphatic rings. The summed E-state index contributed by atoms with van der Waals surface area (Å²) in [5.41, 5.74) is 0. The molecule has 0 aliphatic heterocycles. The lowest BCUT2D eigenvalue weighted by Gasteiger charge is -2.17. The highest BCUT2D eigenvalue weighted by atomic mass is 16.6. The largest absolute Gasteiger partial charge is 0.368 e. The van der Waals surface area contributed by atoms with Crippen LogP contribution in [-0.4, -0.2) is 61.0 Å². The lowest BCUT2D eigenvalue weighted by Crippen LogP contribution is -2.29. The van der Waals surface area contributed by atoms with Gasteiger partial charge in [0.2, 0.25) is 0 Å². The van der Waals surface area contributed by atoms with Gasteiger partial charge in [-0.25, -0.2) is 0 Å². The van der Waals surface area contributed by atoms with E-state index in [4.69, 9.17) is 19.7 Å². The van der Waals surface area contributed by atoms with Crippen molar-refractivity contribution in [3.8, 4) is 0 Å². The van der Waals surface area contributed by atoms with E-state index in [0.29, 0.717) is 13.2 Å². The topological polar surface area (TPSA) is 62.2 Å². The number of aliphatic hydroxyl groups is 2. The van der Waals surface area contributed by atoms with Crippen LogP contribution in [0.3, 0.4) is 0 Å². The number of hydrogen-bond acceptors (Lipinski definition) is 5. The van der Waals surface area contributed by atoms with Crippen molar-refractivity contribution in [1.82, 2.24) is 4.90 Å². The van der Waals surface area contributed by atoms with Crippen molar-refractivity contribution in [3.05, 3.63) is 0 Å². The Labute approximate surface area is 85.2 Å². The minimum atomic E-state index is -0.711. The third-order valence-electron chi connectivity index (χ3n) is 1.66. The second-order valence-electron chi connectivity index (χ2n) is 3.24. The fourth-order valence-electron chi connectivity index (χ4n) is 0.870. The Morgan fingerprint density at radius 3 is 1.64 bits per heavy atom. The van der Waals surface area contributed by atoms with Gasteiger partial charge in [0.1, 0.15) is 0 Å². The van der Waals surface area contributed by atoms with Crippen LogP contribution in [0.1, 0.15) is 13.8 Å². The minimum absolute atomic E-state index is 0.489. The molecule has 0 fully saturated rings. The maximum Gasteiger partial charge on any atom is 0.151 e. The molecule has 14 heavy (non-hydrogen) atoms. The molecule has 2 atom stereocenters. The average molecular weight is 207 g/mol. The van der Waals surface area contributed by atoms with Crippen molar-refractivity contribution in [3.63, 3.8) is 0 Å². The molecule has 0 heterocycles. The SMILES string of the molecule is CC(O)OCCN(C)CCOC(C)O. The Balaban J connectivity index is 3.23. The van der Waals surface area contributed by atoms with E-state index in [1.165, 1.54) is 0 Å². The van der Waals surface area contributed by atoms with Crippen LogP contribution in [-0.2, 0) is 9.47 Å². The van der Waals surface area contributed by atoms with E-state index >= 15 is 0 Å². The number of likely N-dealkylation sites (N-methyl/N-ethyl adjacent to an activating group) is 1. The summed E-state index contributed by atoms with van der Waals surface area (Å²) < 4.78 is 9.93. The zero-order valence-corrected chi connectivity index (χ0v) is 9.14. The zero-order chi connectivity index (χ0) is 11.0. The summed E-state index contributed by atoms with van der Waals surface area (Å²) in [4.78, 5) is 2.00. The molecule has 5 nitrogen and oxygen atoms in total. The summed E-state index contributed by atoms with van der Waals surface area (Å²) >= 11 is 0. The van der Waals surface area contributed by atoms with E-state index in [2.05, 4.69) is 0 Å². The monoisotopic (exact) mass is 207 g/mol. The maximum atomic E-state index is 8.82. The van der Waals surface area contributed by atoms with Crippen molar-refractivity contribution in [2.75, 3.05) is 33.4 Å². The molecule has 0 bridgehead atoms. The third kappa shape index (κ3) is 9.88. The predicted octanol–water partition coefficient (Wildman–Crippen LogP) is -0.372. The molecular formula is C9H21NO4. The molecule has 0 saturated carbocycles. The summed E-state index contributed by atoms with van der Waals surface area (Å²) in [7, 11) is 1.93. The lowest BCUT2D eigenvalue weighted by molar-refractivity contribution is -0.0974. The van der Waals surface area contributed by atoms with E-state index in [1.807, 2.05) is 11.9 Å². The standard InChI is InChI=1S/C9H21NO4/c1-8(11)13-6-4-10(3)5-7-14-9(2)12/h8-9,11-12H,4-7H2,1-3H3. The first kappa shape index (κ1) is 13.8. The second kappa shape index (κ2) is 8.14. The van der Waals surface area contributed by atoms with Crippen LogP contribution in [0.25, 0.3) is 0 Å². The summed E-state index contributed by atoms with van der Waals surface area (Å²) in [6.45, 7) is 5.60. The molecule has 0 aliphatic carbocycles. The third-order valence-corrected chi connectivity index (χ3v) is 1.66.